The van der Waals surface area contributed by atoms with Crippen LogP contribution in [0.15, 0.2) is 121 Å². The summed E-state index contributed by atoms with van der Waals surface area (Å²) in [5.41, 5.74) is 9.67. The maximum absolute atomic E-state index is 5.15. The predicted molar refractivity (Wildman–Crippen MR) is 158 cm³/mol. The largest absolute Gasteiger partial charge is 0.313 e. The summed E-state index contributed by atoms with van der Waals surface area (Å²) in [4.78, 5) is 5.15. The second-order valence-corrected chi connectivity index (χ2v) is 9.93. The summed E-state index contributed by atoms with van der Waals surface area (Å²) in [6.07, 6.45) is 6.76. The van der Waals surface area contributed by atoms with Gasteiger partial charge in [-0.15, -0.1) is 0 Å². The first-order chi connectivity index (χ1) is 18.9. The Bertz CT molecular complexity index is 2010. The zero-order valence-corrected chi connectivity index (χ0v) is 20.9. The van der Waals surface area contributed by atoms with Gasteiger partial charge in [0.25, 0.3) is 0 Å². The fraction of sp³-hybridized carbons (Fsp3) is 0.0571. The number of rotatable bonds is 3. The molecule has 3 nitrogen and oxygen atoms in total. The molecule has 0 bridgehead atoms. The van der Waals surface area contributed by atoms with Crippen LogP contribution in [0.25, 0.3) is 61.5 Å². The van der Waals surface area contributed by atoms with Crippen LogP contribution in [0, 0.1) is 0 Å². The van der Waals surface area contributed by atoms with E-state index >= 15 is 0 Å². The fourth-order valence-electron chi connectivity index (χ4n) is 6.20. The molecule has 3 heteroatoms. The van der Waals surface area contributed by atoms with Crippen LogP contribution in [0.2, 0.25) is 0 Å². The molecule has 7 aromatic rings. The normalized spacial score (nSPS) is 12.9. The summed E-state index contributed by atoms with van der Waals surface area (Å²) >= 11 is 0. The maximum atomic E-state index is 5.15. The first-order valence-corrected chi connectivity index (χ1v) is 13.2. The summed E-state index contributed by atoms with van der Waals surface area (Å²) in [6, 6.07) is 40.8. The van der Waals surface area contributed by atoms with Gasteiger partial charge in [0.1, 0.15) is 5.82 Å². The van der Waals surface area contributed by atoms with E-state index in [-0.39, 0.29) is 0 Å². The van der Waals surface area contributed by atoms with E-state index in [4.69, 9.17) is 4.98 Å². The maximum Gasteiger partial charge on any atom is 0.138 e. The van der Waals surface area contributed by atoms with E-state index in [1.165, 1.54) is 49.7 Å². The minimum Gasteiger partial charge on any atom is -0.313 e. The smallest absolute Gasteiger partial charge is 0.138 e. The first-order valence-electron chi connectivity index (χ1n) is 13.2. The van der Waals surface area contributed by atoms with Crippen LogP contribution in [0.5, 0.6) is 0 Å². The van der Waals surface area contributed by atoms with E-state index in [1.807, 2.05) is 6.07 Å². The fourth-order valence-corrected chi connectivity index (χ4v) is 6.20. The summed E-state index contributed by atoms with van der Waals surface area (Å²) in [5, 5.41) is 3.88. The van der Waals surface area contributed by atoms with Crippen LogP contribution >= 0.6 is 0 Å². The molecule has 0 aliphatic heterocycles. The van der Waals surface area contributed by atoms with E-state index in [0.29, 0.717) is 0 Å². The van der Waals surface area contributed by atoms with Crippen molar-refractivity contribution in [3.8, 4) is 22.8 Å². The van der Waals surface area contributed by atoms with E-state index in [1.54, 1.807) is 0 Å². The highest BCUT2D eigenvalue weighted by molar-refractivity contribution is 6.23. The van der Waals surface area contributed by atoms with Gasteiger partial charge in [0.15, 0.2) is 0 Å². The lowest BCUT2D eigenvalue weighted by atomic mass is 9.99. The Kier molecular flexibility index (Phi) is 4.65. The number of nitrogens with zero attached hydrogens (tertiary/aromatic N) is 3. The van der Waals surface area contributed by atoms with Gasteiger partial charge in [-0.1, -0.05) is 84.9 Å². The van der Waals surface area contributed by atoms with Crippen LogP contribution in [-0.4, -0.2) is 14.1 Å². The van der Waals surface area contributed by atoms with Crippen molar-refractivity contribution >= 4 is 38.8 Å². The molecule has 0 unspecified atom stereocenters. The molecule has 4 aromatic carbocycles. The van der Waals surface area contributed by atoms with E-state index < -0.39 is 0 Å². The molecule has 0 saturated carbocycles. The van der Waals surface area contributed by atoms with Crippen molar-refractivity contribution in [2.24, 2.45) is 0 Å². The molecular weight excluding hydrogens is 462 g/mol. The Hall–Kier alpha value is -4.89. The Morgan fingerprint density at radius 2 is 1.32 bits per heavy atom. The monoisotopic (exact) mass is 487 g/mol. The number of para-hydroxylation sites is 2. The number of fused-ring (bicyclic) bond motifs is 7. The van der Waals surface area contributed by atoms with Crippen LogP contribution in [-0.2, 0) is 6.42 Å². The molecule has 38 heavy (non-hydrogen) atoms. The first kappa shape index (κ1) is 21.2. The molecule has 0 atom stereocenters. The van der Waals surface area contributed by atoms with Gasteiger partial charge in [-0.2, -0.15) is 0 Å². The molecule has 3 heterocycles. The molecule has 1 aliphatic carbocycles. The molecule has 0 radical (unpaired) electrons. The average molecular weight is 488 g/mol. The summed E-state index contributed by atoms with van der Waals surface area (Å²) in [7, 11) is 0. The highest BCUT2D eigenvalue weighted by Crippen LogP contribution is 2.42. The number of allylic oxidation sites excluding steroid dienone is 1. The zero-order chi connectivity index (χ0) is 25.1. The molecule has 0 amide bonds. The van der Waals surface area contributed by atoms with Crippen molar-refractivity contribution in [1.82, 2.24) is 14.1 Å². The molecule has 180 valence electrons. The Morgan fingerprint density at radius 1 is 0.579 bits per heavy atom. The van der Waals surface area contributed by atoms with Gasteiger partial charge in [0.2, 0.25) is 0 Å². The molecule has 1 aliphatic rings. The summed E-state index contributed by atoms with van der Waals surface area (Å²) in [6.45, 7) is 0. The van der Waals surface area contributed by atoms with Crippen molar-refractivity contribution < 1.29 is 0 Å². The minimum atomic E-state index is 0.934. The zero-order valence-electron chi connectivity index (χ0n) is 20.9. The van der Waals surface area contributed by atoms with Crippen LogP contribution in [0.4, 0.5) is 0 Å². The standard InChI is InChI=1S/C35H25N3/c1-3-12-24(13-4-1)28-18-11-21-33(36-28)38-30-20-10-8-17-27(30)35-32(38)23-22-31-34(35)26-16-7-9-19-29(26)37(31)25-14-5-2-6-15-25/h1-8,10-18,20-23H,9,19H2. The van der Waals surface area contributed by atoms with Crippen molar-refractivity contribution in [2.45, 2.75) is 12.8 Å². The quantitative estimate of drug-likeness (QED) is 0.244. The molecule has 3 aromatic heterocycles. The number of benzene rings is 4. The van der Waals surface area contributed by atoms with Crippen LogP contribution in [0.1, 0.15) is 17.7 Å². The highest BCUT2D eigenvalue weighted by Gasteiger charge is 2.24. The van der Waals surface area contributed by atoms with Gasteiger partial charge < -0.3 is 4.57 Å². The Morgan fingerprint density at radius 3 is 2.16 bits per heavy atom. The van der Waals surface area contributed by atoms with Crippen molar-refractivity contribution in [1.29, 1.82) is 0 Å². The second kappa shape index (κ2) is 8.32. The van der Waals surface area contributed by atoms with Crippen molar-refractivity contribution in [2.75, 3.05) is 0 Å². The van der Waals surface area contributed by atoms with Crippen LogP contribution in [0.3, 0.4) is 0 Å². The summed E-state index contributed by atoms with van der Waals surface area (Å²) < 4.78 is 4.79. The third-order valence-corrected chi connectivity index (χ3v) is 7.79. The summed E-state index contributed by atoms with van der Waals surface area (Å²) in [5.74, 6) is 0.934. The topological polar surface area (TPSA) is 22.8 Å². The van der Waals surface area contributed by atoms with E-state index in [2.05, 4.69) is 130 Å². The number of aromatic nitrogens is 3. The second-order valence-electron chi connectivity index (χ2n) is 9.93. The van der Waals surface area contributed by atoms with E-state index in [0.717, 1.165) is 29.9 Å². The Balaban J connectivity index is 1.49. The van der Waals surface area contributed by atoms with Crippen LogP contribution < -0.4 is 0 Å². The van der Waals surface area contributed by atoms with Gasteiger partial charge in [-0.25, -0.2) is 4.98 Å². The van der Waals surface area contributed by atoms with Crippen molar-refractivity contribution in [3.05, 3.63) is 133 Å². The average Bonchev–Trinajstić information content (AvgIpc) is 3.51. The lowest BCUT2D eigenvalue weighted by molar-refractivity contribution is 0.888. The van der Waals surface area contributed by atoms with E-state index in [9.17, 15) is 0 Å². The molecule has 0 fully saturated rings. The lowest BCUT2D eigenvalue weighted by Gasteiger charge is -2.13. The minimum absolute atomic E-state index is 0.934. The van der Waals surface area contributed by atoms with Gasteiger partial charge >= 0.3 is 0 Å². The Labute approximate surface area is 220 Å². The van der Waals surface area contributed by atoms with Gasteiger partial charge in [0.05, 0.1) is 22.2 Å². The highest BCUT2D eigenvalue weighted by atomic mass is 15.1. The molecule has 0 saturated heterocycles. The number of hydrogen-bond acceptors (Lipinski definition) is 1. The number of pyridine rings is 1. The molecule has 0 spiro atoms. The third-order valence-electron chi connectivity index (χ3n) is 7.79. The molecular formula is C35H25N3. The van der Waals surface area contributed by atoms with Gasteiger partial charge in [-0.3, -0.25) is 4.57 Å². The van der Waals surface area contributed by atoms with Gasteiger partial charge in [-0.05, 0) is 55.3 Å². The number of hydrogen-bond donors (Lipinski definition) is 0. The van der Waals surface area contributed by atoms with Gasteiger partial charge in [0, 0.05) is 38.7 Å². The van der Waals surface area contributed by atoms with Crippen molar-refractivity contribution in [3.63, 3.8) is 0 Å². The third kappa shape index (κ3) is 3.05. The lowest BCUT2D eigenvalue weighted by Crippen LogP contribution is -2.02. The molecule has 0 N–H and O–H groups in total. The SMILES string of the molecule is C1=Cc2c(n(-c3ccccc3)c3ccc4c(c5ccccc5n4-c4cccc(-c5ccccc5)n4)c23)CC1. The predicted octanol–water partition coefficient (Wildman–Crippen LogP) is 8.75. The molecule has 8 rings (SSSR count).